The van der Waals surface area contributed by atoms with Gasteiger partial charge in [0.25, 0.3) is 0 Å². The molecular formula is C10H14BrNO2. The monoisotopic (exact) mass is 259 g/mol. The Bertz CT molecular complexity index is 317. The van der Waals surface area contributed by atoms with E-state index in [1.54, 1.807) is 12.1 Å². The van der Waals surface area contributed by atoms with Gasteiger partial charge in [0.1, 0.15) is 6.10 Å². The van der Waals surface area contributed by atoms with Crippen molar-refractivity contribution in [3.63, 3.8) is 0 Å². The van der Waals surface area contributed by atoms with Crippen LogP contribution in [-0.4, -0.2) is 22.9 Å². The van der Waals surface area contributed by atoms with Gasteiger partial charge in [-0.3, -0.25) is 0 Å². The van der Waals surface area contributed by atoms with Gasteiger partial charge < -0.3 is 15.9 Å². The maximum atomic E-state index is 9.65. The van der Waals surface area contributed by atoms with Gasteiger partial charge >= 0.3 is 0 Å². The van der Waals surface area contributed by atoms with Gasteiger partial charge in [-0.05, 0) is 24.1 Å². The Labute approximate surface area is 91.7 Å². The van der Waals surface area contributed by atoms with E-state index in [9.17, 15) is 10.2 Å². The number of aliphatic hydroxyl groups excluding tert-OH is 2. The number of aliphatic hydroxyl groups is 2. The molecule has 1 aromatic rings. The van der Waals surface area contributed by atoms with E-state index in [4.69, 9.17) is 5.73 Å². The molecule has 0 fully saturated rings. The minimum Gasteiger partial charge on any atom is -0.389 e. The first-order valence-electron chi connectivity index (χ1n) is 4.38. The quantitative estimate of drug-likeness (QED) is 0.762. The predicted octanol–water partition coefficient (Wildman–Crippen LogP) is 1.11. The van der Waals surface area contributed by atoms with Gasteiger partial charge in [0, 0.05) is 11.0 Å². The van der Waals surface area contributed by atoms with Crippen LogP contribution in [0.3, 0.4) is 0 Å². The van der Waals surface area contributed by atoms with Crippen LogP contribution in [0.1, 0.15) is 17.2 Å². The molecule has 0 saturated carbocycles. The van der Waals surface area contributed by atoms with E-state index < -0.39 is 12.2 Å². The third-order valence-corrected chi connectivity index (χ3v) is 3.00. The lowest BCUT2D eigenvalue weighted by atomic mass is 10.0. The summed E-state index contributed by atoms with van der Waals surface area (Å²) in [6.45, 7) is 2.01. The molecule has 0 radical (unpaired) electrons. The summed E-state index contributed by atoms with van der Waals surface area (Å²) in [6.07, 6.45) is -1.83. The second-order valence-electron chi connectivity index (χ2n) is 3.26. The number of hydrogen-bond donors (Lipinski definition) is 3. The standard InChI is InChI=1S/C10H14BrNO2/c1-6-2-3-7(4-8(6)11)10(14)9(13)5-12/h2-4,9-10,13-14H,5,12H2,1H3. The maximum Gasteiger partial charge on any atom is 0.106 e. The lowest BCUT2D eigenvalue weighted by Gasteiger charge is -2.16. The lowest BCUT2D eigenvalue weighted by molar-refractivity contribution is 0.0243. The van der Waals surface area contributed by atoms with Crippen LogP contribution in [0, 0.1) is 6.92 Å². The van der Waals surface area contributed by atoms with Crippen LogP contribution in [0.25, 0.3) is 0 Å². The van der Waals surface area contributed by atoms with Crippen molar-refractivity contribution in [2.45, 2.75) is 19.1 Å². The van der Waals surface area contributed by atoms with Crippen LogP contribution >= 0.6 is 15.9 Å². The number of hydrogen-bond acceptors (Lipinski definition) is 3. The number of nitrogens with two attached hydrogens (primary N) is 1. The summed E-state index contributed by atoms with van der Waals surface area (Å²) < 4.78 is 0.915. The van der Waals surface area contributed by atoms with Crippen molar-refractivity contribution in [1.82, 2.24) is 0 Å². The molecule has 0 aliphatic heterocycles. The normalized spacial score (nSPS) is 15.2. The molecule has 0 bridgehead atoms. The molecular weight excluding hydrogens is 246 g/mol. The summed E-state index contributed by atoms with van der Waals surface area (Å²) >= 11 is 3.36. The van der Waals surface area contributed by atoms with Crippen LogP contribution < -0.4 is 5.73 Å². The van der Waals surface area contributed by atoms with Gasteiger partial charge in [-0.15, -0.1) is 0 Å². The Morgan fingerprint density at radius 1 is 1.43 bits per heavy atom. The zero-order chi connectivity index (χ0) is 10.7. The van der Waals surface area contributed by atoms with Gasteiger partial charge in [0.05, 0.1) is 6.10 Å². The highest BCUT2D eigenvalue weighted by molar-refractivity contribution is 9.10. The molecule has 3 nitrogen and oxygen atoms in total. The van der Waals surface area contributed by atoms with Gasteiger partial charge in [0.2, 0.25) is 0 Å². The van der Waals surface area contributed by atoms with Crippen LogP contribution in [0.2, 0.25) is 0 Å². The zero-order valence-corrected chi connectivity index (χ0v) is 9.53. The molecule has 0 aliphatic carbocycles. The summed E-state index contributed by atoms with van der Waals surface area (Å²) in [5.41, 5.74) is 7.01. The molecule has 78 valence electrons. The molecule has 0 spiro atoms. The molecule has 2 atom stereocenters. The number of aryl methyl sites for hydroxylation is 1. The minimum atomic E-state index is -0.920. The second-order valence-corrected chi connectivity index (χ2v) is 4.11. The summed E-state index contributed by atoms with van der Waals surface area (Å²) in [5, 5.41) is 19.0. The Kier molecular flexibility index (Phi) is 4.07. The van der Waals surface area contributed by atoms with E-state index in [0.29, 0.717) is 5.56 Å². The van der Waals surface area contributed by atoms with Gasteiger partial charge in [0.15, 0.2) is 0 Å². The topological polar surface area (TPSA) is 66.5 Å². The van der Waals surface area contributed by atoms with Gasteiger partial charge in [-0.2, -0.15) is 0 Å². The molecule has 0 heterocycles. The van der Waals surface area contributed by atoms with Crippen molar-refractivity contribution in [3.05, 3.63) is 33.8 Å². The average molecular weight is 260 g/mol. The summed E-state index contributed by atoms with van der Waals surface area (Å²) in [4.78, 5) is 0. The SMILES string of the molecule is Cc1ccc(C(O)C(O)CN)cc1Br. The van der Waals surface area contributed by atoms with Crippen molar-refractivity contribution in [2.75, 3.05) is 6.54 Å². The Morgan fingerprint density at radius 2 is 2.07 bits per heavy atom. The molecule has 4 heteroatoms. The van der Waals surface area contributed by atoms with Gasteiger partial charge in [-0.1, -0.05) is 28.1 Å². The molecule has 0 saturated heterocycles. The van der Waals surface area contributed by atoms with Crippen LogP contribution in [0.4, 0.5) is 0 Å². The largest absolute Gasteiger partial charge is 0.389 e. The lowest BCUT2D eigenvalue weighted by Crippen LogP contribution is -2.27. The summed E-state index contributed by atoms with van der Waals surface area (Å²) in [5.74, 6) is 0. The fourth-order valence-electron chi connectivity index (χ4n) is 1.14. The molecule has 0 amide bonds. The van der Waals surface area contributed by atoms with Crippen molar-refractivity contribution in [3.8, 4) is 0 Å². The molecule has 0 aliphatic rings. The number of rotatable bonds is 3. The van der Waals surface area contributed by atoms with Gasteiger partial charge in [-0.25, -0.2) is 0 Å². The molecule has 0 aromatic heterocycles. The Morgan fingerprint density at radius 3 is 2.57 bits per heavy atom. The van der Waals surface area contributed by atoms with E-state index >= 15 is 0 Å². The third kappa shape index (κ3) is 2.54. The molecule has 1 aromatic carbocycles. The van der Waals surface area contributed by atoms with Crippen molar-refractivity contribution in [1.29, 1.82) is 0 Å². The van der Waals surface area contributed by atoms with E-state index in [0.717, 1.165) is 10.0 Å². The highest BCUT2D eigenvalue weighted by Crippen LogP contribution is 2.23. The highest BCUT2D eigenvalue weighted by atomic mass is 79.9. The first-order valence-corrected chi connectivity index (χ1v) is 5.17. The summed E-state index contributed by atoms with van der Waals surface area (Å²) in [6, 6.07) is 5.45. The molecule has 1 rings (SSSR count). The Balaban J connectivity index is 2.91. The van der Waals surface area contributed by atoms with Crippen LogP contribution in [0.5, 0.6) is 0 Å². The average Bonchev–Trinajstić information content (AvgIpc) is 2.20. The highest BCUT2D eigenvalue weighted by Gasteiger charge is 2.16. The molecule has 2 unspecified atom stereocenters. The van der Waals surface area contributed by atoms with Crippen molar-refractivity contribution in [2.24, 2.45) is 5.73 Å². The van der Waals surface area contributed by atoms with E-state index in [2.05, 4.69) is 15.9 Å². The second kappa shape index (κ2) is 4.89. The minimum absolute atomic E-state index is 0.0483. The fraction of sp³-hybridized carbons (Fsp3) is 0.400. The zero-order valence-electron chi connectivity index (χ0n) is 7.94. The smallest absolute Gasteiger partial charge is 0.106 e. The van der Waals surface area contributed by atoms with E-state index in [-0.39, 0.29) is 6.54 Å². The Hall–Kier alpha value is -0.420. The predicted molar refractivity (Wildman–Crippen MR) is 58.9 cm³/mol. The number of benzene rings is 1. The number of halogens is 1. The first-order chi connectivity index (χ1) is 6.56. The molecule has 14 heavy (non-hydrogen) atoms. The maximum absolute atomic E-state index is 9.65. The fourth-order valence-corrected chi connectivity index (χ4v) is 1.54. The van der Waals surface area contributed by atoms with Crippen molar-refractivity contribution < 1.29 is 10.2 Å². The van der Waals surface area contributed by atoms with Crippen molar-refractivity contribution >= 4 is 15.9 Å². The van der Waals surface area contributed by atoms with E-state index in [1.165, 1.54) is 0 Å². The van der Waals surface area contributed by atoms with E-state index in [1.807, 2.05) is 13.0 Å². The third-order valence-electron chi connectivity index (χ3n) is 2.14. The first kappa shape index (κ1) is 11.7. The van der Waals surface area contributed by atoms with Crippen LogP contribution in [-0.2, 0) is 0 Å². The molecule has 4 N–H and O–H groups in total. The van der Waals surface area contributed by atoms with Crippen LogP contribution in [0.15, 0.2) is 22.7 Å². The summed E-state index contributed by atoms with van der Waals surface area (Å²) in [7, 11) is 0.